The molecule has 0 unspecified atom stereocenters. The van der Waals surface area contributed by atoms with Crippen LogP contribution in [-0.2, 0) is 9.59 Å². The monoisotopic (exact) mass is 507 g/mol. The highest BCUT2D eigenvalue weighted by Gasteiger charge is 2.15. The lowest BCUT2D eigenvalue weighted by molar-refractivity contribution is -0.890. The summed E-state index contributed by atoms with van der Waals surface area (Å²) in [5, 5.41) is 2.93. The van der Waals surface area contributed by atoms with Gasteiger partial charge < -0.3 is 14.3 Å². The van der Waals surface area contributed by atoms with Crippen LogP contribution in [0.25, 0.3) is 0 Å². The normalized spacial score (nSPS) is 11.9. The molecule has 1 amide bonds. The molecule has 1 N–H and O–H groups in total. The summed E-state index contributed by atoms with van der Waals surface area (Å²) < 4.78 is 2.11. The summed E-state index contributed by atoms with van der Waals surface area (Å²) in [5.74, 6) is 0.193. The van der Waals surface area contributed by atoms with Gasteiger partial charge in [0.25, 0.3) is 0 Å². The third kappa shape index (κ3) is 20.7. The van der Waals surface area contributed by atoms with Gasteiger partial charge in [-0.1, -0.05) is 51.7 Å². The second kappa shape index (κ2) is 19.6. The highest BCUT2D eigenvalue weighted by molar-refractivity contribution is 5.94. The molecule has 0 atom stereocenters. The largest absolute Gasteiger partial charge is 0.352 e. The highest BCUT2D eigenvalue weighted by Crippen LogP contribution is 2.14. The number of rotatable bonds is 24. The van der Waals surface area contributed by atoms with Crippen LogP contribution in [0.5, 0.6) is 0 Å². The van der Waals surface area contributed by atoms with E-state index >= 15 is 0 Å². The number of nitrogens with zero attached hydrogens (tertiary/aromatic N) is 2. The van der Waals surface area contributed by atoms with E-state index in [1.54, 1.807) is 6.92 Å². The predicted molar refractivity (Wildman–Crippen MR) is 156 cm³/mol. The predicted octanol–water partition coefficient (Wildman–Crippen LogP) is 6.44. The summed E-state index contributed by atoms with van der Waals surface area (Å²) in [6.45, 7) is 16.4. The summed E-state index contributed by atoms with van der Waals surface area (Å²) in [5.41, 5.74) is 1.28. The third-order valence-corrected chi connectivity index (χ3v) is 7.28. The van der Waals surface area contributed by atoms with Crippen molar-refractivity contribution in [3.8, 4) is 0 Å². The number of quaternary nitrogens is 2. The van der Waals surface area contributed by atoms with Crippen LogP contribution in [0.1, 0.15) is 104 Å². The molecule has 0 radical (unpaired) electrons. The van der Waals surface area contributed by atoms with Crippen molar-refractivity contribution in [2.24, 2.45) is 0 Å². The molecule has 0 fully saturated rings. The molecule has 0 rings (SSSR count). The number of allylic oxidation sites excluding steroid dienone is 1. The molecule has 36 heavy (non-hydrogen) atoms. The molecular formula is C31H61N3O2+2. The fourth-order valence-electron chi connectivity index (χ4n) is 4.62. The number of Topliss-reactive ketones (excluding diaryl/α,β-unsaturated/α-hetero) is 1. The number of unbranched alkanes of at least 4 members (excludes halogenated alkanes) is 10. The van der Waals surface area contributed by atoms with Gasteiger partial charge >= 0.3 is 0 Å². The number of nitrogens with one attached hydrogen (secondary N) is 1. The Bertz CT molecular complexity index is 596. The topological polar surface area (TPSA) is 46.2 Å². The van der Waals surface area contributed by atoms with Gasteiger partial charge in [-0.2, -0.15) is 0 Å². The first kappa shape index (κ1) is 34.5. The van der Waals surface area contributed by atoms with Crippen LogP contribution in [0.15, 0.2) is 24.3 Å². The van der Waals surface area contributed by atoms with Crippen molar-refractivity contribution >= 4 is 11.7 Å². The van der Waals surface area contributed by atoms with E-state index in [1.165, 1.54) is 77.3 Å². The van der Waals surface area contributed by atoms with Crippen LogP contribution in [0.2, 0.25) is 0 Å². The zero-order chi connectivity index (χ0) is 27.5. The molecule has 0 heterocycles. The van der Waals surface area contributed by atoms with E-state index in [1.807, 2.05) is 6.92 Å². The van der Waals surface area contributed by atoms with Crippen LogP contribution < -0.4 is 5.32 Å². The molecular weight excluding hydrogens is 446 g/mol. The van der Waals surface area contributed by atoms with E-state index < -0.39 is 0 Å². The van der Waals surface area contributed by atoms with E-state index in [2.05, 4.69) is 46.7 Å². The number of hydrogen-bond donors (Lipinski definition) is 1. The van der Waals surface area contributed by atoms with Gasteiger partial charge in [0.05, 0.1) is 54.4 Å². The Kier molecular flexibility index (Phi) is 18.8. The fourth-order valence-corrected chi connectivity index (χ4v) is 4.62. The average molecular weight is 508 g/mol. The third-order valence-electron chi connectivity index (χ3n) is 7.28. The summed E-state index contributed by atoms with van der Waals surface area (Å²) in [4.78, 5) is 23.2. The number of amides is 1. The maximum absolute atomic E-state index is 11.6. The molecule has 0 aliphatic heterocycles. The molecule has 210 valence electrons. The number of carbonyl (C=O) groups excluding carboxylic acids is 2. The molecule has 0 saturated heterocycles. The van der Waals surface area contributed by atoms with Crippen LogP contribution in [0.3, 0.4) is 0 Å². The number of carbonyl (C=O) groups is 2. The highest BCUT2D eigenvalue weighted by atomic mass is 16.1. The van der Waals surface area contributed by atoms with Gasteiger partial charge in [-0.3, -0.25) is 9.59 Å². The first-order valence-corrected chi connectivity index (χ1v) is 14.6. The summed E-state index contributed by atoms with van der Waals surface area (Å²) in [7, 11) is 9.25. The summed E-state index contributed by atoms with van der Waals surface area (Å²) in [6.07, 6.45) is 17.3. The molecule has 0 aromatic rings. The molecule has 0 aliphatic carbocycles. The molecule has 0 aromatic carbocycles. The lowest BCUT2D eigenvalue weighted by atomic mass is 10.1. The Hall–Kier alpha value is -1.46. The Morgan fingerprint density at radius 3 is 1.31 bits per heavy atom. The van der Waals surface area contributed by atoms with E-state index in [0.717, 1.165) is 47.9 Å². The maximum atomic E-state index is 11.6. The van der Waals surface area contributed by atoms with Gasteiger partial charge in [0.15, 0.2) is 5.78 Å². The minimum Gasteiger partial charge on any atom is -0.352 e. The maximum Gasteiger partial charge on any atom is 0.246 e. The Labute approximate surface area is 224 Å². The number of hydrogen-bond acceptors (Lipinski definition) is 2. The van der Waals surface area contributed by atoms with Crippen LogP contribution >= 0.6 is 0 Å². The smallest absolute Gasteiger partial charge is 0.246 e. The molecule has 5 heteroatoms. The van der Waals surface area contributed by atoms with Gasteiger partial charge in [-0.05, 0) is 57.9 Å². The van der Waals surface area contributed by atoms with Crippen molar-refractivity contribution in [3.05, 3.63) is 24.3 Å². The summed E-state index contributed by atoms with van der Waals surface area (Å²) >= 11 is 0. The Morgan fingerprint density at radius 2 is 0.917 bits per heavy atom. The lowest BCUT2D eigenvalue weighted by Gasteiger charge is -2.30. The van der Waals surface area contributed by atoms with Gasteiger partial charge in [0.1, 0.15) is 0 Å². The van der Waals surface area contributed by atoms with Crippen molar-refractivity contribution in [2.75, 3.05) is 60.9 Å². The lowest BCUT2D eigenvalue weighted by Crippen LogP contribution is -2.42. The van der Waals surface area contributed by atoms with Crippen molar-refractivity contribution in [3.63, 3.8) is 0 Å². The Morgan fingerprint density at radius 1 is 0.556 bits per heavy atom. The molecule has 0 aromatic heterocycles. The van der Waals surface area contributed by atoms with E-state index in [4.69, 9.17) is 0 Å². The summed E-state index contributed by atoms with van der Waals surface area (Å²) in [6, 6.07) is 0. The second-order valence-corrected chi connectivity index (χ2v) is 12.4. The SMILES string of the molecule is C=C(C)C(=O)CCCC[N+](C)(C)CCCCCCCCCCCC[N+](C)(C)CCCNC(=O)C(=C)C. The van der Waals surface area contributed by atoms with Gasteiger partial charge in [-0.25, -0.2) is 0 Å². The van der Waals surface area contributed by atoms with Crippen molar-refractivity contribution < 1.29 is 18.6 Å². The fraction of sp³-hybridized carbons (Fsp3) is 0.806. The van der Waals surface area contributed by atoms with E-state index in [-0.39, 0.29) is 11.7 Å². The van der Waals surface area contributed by atoms with Gasteiger partial charge in [-0.15, -0.1) is 0 Å². The molecule has 0 spiro atoms. The van der Waals surface area contributed by atoms with E-state index in [0.29, 0.717) is 17.6 Å². The van der Waals surface area contributed by atoms with Crippen LogP contribution in [0.4, 0.5) is 0 Å². The zero-order valence-corrected chi connectivity index (χ0v) is 25.1. The first-order chi connectivity index (χ1) is 16.9. The minimum absolute atomic E-state index is 0.0277. The zero-order valence-electron chi connectivity index (χ0n) is 25.1. The number of ketones is 1. The van der Waals surface area contributed by atoms with Gasteiger partial charge in [0.2, 0.25) is 5.91 Å². The van der Waals surface area contributed by atoms with Crippen LogP contribution in [0, 0.1) is 0 Å². The molecule has 0 bridgehead atoms. The van der Waals surface area contributed by atoms with Gasteiger partial charge in [0, 0.05) is 25.0 Å². The second-order valence-electron chi connectivity index (χ2n) is 12.4. The average Bonchev–Trinajstić information content (AvgIpc) is 2.79. The molecule has 5 nitrogen and oxygen atoms in total. The minimum atomic E-state index is -0.0277. The Balaban J connectivity index is 3.56. The molecule has 0 saturated carbocycles. The standard InChI is InChI=1S/C31H60N3O2/c1-28(2)30(35)22-17-20-26-33(5,6)24-18-15-13-11-9-10-12-14-16-19-25-34(7,8)27-21-23-32-31(36)29(3)4/h1,3,9-27H2,2,4-8H3/q+1/p+1. The van der Waals surface area contributed by atoms with Crippen molar-refractivity contribution in [2.45, 2.75) is 104 Å². The first-order valence-electron chi connectivity index (χ1n) is 14.6. The molecule has 0 aliphatic rings. The van der Waals surface area contributed by atoms with Crippen molar-refractivity contribution in [1.82, 2.24) is 5.32 Å². The quantitative estimate of drug-likeness (QED) is 0.0928. The van der Waals surface area contributed by atoms with E-state index in [9.17, 15) is 9.59 Å². The van der Waals surface area contributed by atoms with Crippen molar-refractivity contribution in [1.29, 1.82) is 0 Å². The van der Waals surface area contributed by atoms with Crippen LogP contribution in [-0.4, -0.2) is 81.6 Å².